The summed E-state index contributed by atoms with van der Waals surface area (Å²) in [6.45, 7) is 1.41. The average Bonchev–Trinajstić information content (AvgIpc) is 2.28. The maximum Gasteiger partial charge on any atom is 0.273 e. The third-order valence-electron chi connectivity index (χ3n) is 3.12. The highest BCUT2D eigenvalue weighted by molar-refractivity contribution is 7.91. The number of fused-ring (bicyclic) bond motifs is 1. The third kappa shape index (κ3) is 2.20. The van der Waals surface area contributed by atoms with Crippen LogP contribution in [0.1, 0.15) is 30.9 Å². The van der Waals surface area contributed by atoms with Gasteiger partial charge in [0.2, 0.25) is 0 Å². The number of aryl methyl sites for hydroxylation is 1. The summed E-state index contributed by atoms with van der Waals surface area (Å²) < 4.78 is 50.4. The average molecular weight is 260 g/mol. The van der Waals surface area contributed by atoms with Crippen molar-refractivity contribution >= 4 is 9.84 Å². The highest BCUT2D eigenvalue weighted by atomic mass is 32.2. The minimum atomic E-state index is -3.26. The number of hydrogen-bond acceptors (Lipinski definition) is 2. The van der Waals surface area contributed by atoms with E-state index in [1.54, 1.807) is 0 Å². The van der Waals surface area contributed by atoms with Crippen LogP contribution >= 0.6 is 0 Å². The number of rotatable bonds is 2. The van der Waals surface area contributed by atoms with E-state index in [1.165, 1.54) is 25.1 Å². The summed E-state index contributed by atoms with van der Waals surface area (Å²) in [6, 6.07) is 3.89. The third-order valence-corrected chi connectivity index (χ3v) is 5.02. The van der Waals surface area contributed by atoms with Crippen LogP contribution in [0.3, 0.4) is 0 Å². The van der Waals surface area contributed by atoms with Gasteiger partial charge < -0.3 is 0 Å². The Kier molecular flexibility index (Phi) is 2.97. The molecule has 1 aliphatic rings. The molecule has 0 saturated carbocycles. The van der Waals surface area contributed by atoms with Gasteiger partial charge in [-0.05, 0) is 30.5 Å². The molecule has 0 aliphatic carbocycles. The molecule has 5 heteroatoms. The van der Waals surface area contributed by atoms with E-state index in [4.69, 9.17) is 0 Å². The number of alkyl halides is 2. The Bertz CT molecular complexity index is 535. The van der Waals surface area contributed by atoms with Crippen LogP contribution in [-0.2, 0) is 22.2 Å². The number of hydrogen-bond donors (Lipinski definition) is 0. The van der Waals surface area contributed by atoms with Crippen LogP contribution in [0.2, 0.25) is 0 Å². The number of benzene rings is 1. The summed E-state index contributed by atoms with van der Waals surface area (Å²) in [7, 11) is -3.26. The van der Waals surface area contributed by atoms with E-state index < -0.39 is 15.8 Å². The Hall–Kier alpha value is -0.970. The van der Waals surface area contributed by atoms with Gasteiger partial charge in [-0.3, -0.25) is 0 Å². The molecule has 1 aliphatic heterocycles. The molecule has 94 valence electrons. The topological polar surface area (TPSA) is 34.1 Å². The molecule has 17 heavy (non-hydrogen) atoms. The second-order valence-corrected chi connectivity index (χ2v) is 6.38. The molecule has 0 fully saturated rings. The molecule has 0 radical (unpaired) electrons. The van der Waals surface area contributed by atoms with Gasteiger partial charge in [-0.25, -0.2) is 17.2 Å². The van der Waals surface area contributed by atoms with Crippen LogP contribution in [0.15, 0.2) is 23.1 Å². The minimum Gasteiger partial charge on any atom is -0.224 e. The molecule has 0 N–H and O–H groups in total. The van der Waals surface area contributed by atoms with Gasteiger partial charge >= 0.3 is 0 Å². The van der Waals surface area contributed by atoms with Gasteiger partial charge in [-0.1, -0.05) is 13.0 Å². The molecule has 0 atom stereocenters. The van der Waals surface area contributed by atoms with Crippen molar-refractivity contribution in [3.05, 3.63) is 29.3 Å². The summed E-state index contributed by atoms with van der Waals surface area (Å²) in [5, 5.41) is 0. The van der Waals surface area contributed by atoms with Crippen LogP contribution in [0.5, 0.6) is 0 Å². The van der Waals surface area contributed by atoms with Crippen LogP contribution in [0, 0.1) is 0 Å². The maximum absolute atomic E-state index is 13.5. The van der Waals surface area contributed by atoms with E-state index in [0.29, 0.717) is 18.4 Å². The second kappa shape index (κ2) is 4.05. The molecule has 1 aromatic rings. The van der Waals surface area contributed by atoms with E-state index in [0.717, 1.165) is 0 Å². The zero-order chi connectivity index (χ0) is 12.7. The van der Waals surface area contributed by atoms with Crippen molar-refractivity contribution in [1.29, 1.82) is 0 Å². The van der Waals surface area contributed by atoms with Crippen LogP contribution < -0.4 is 0 Å². The Morgan fingerprint density at radius 3 is 2.71 bits per heavy atom. The highest BCUT2D eigenvalue weighted by Gasteiger charge is 2.31. The summed E-state index contributed by atoms with van der Waals surface area (Å²) in [5.41, 5.74) is 0.442. The van der Waals surface area contributed by atoms with Crippen molar-refractivity contribution < 1.29 is 17.2 Å². The lowest BCUT2D eigenvalue weighted by Gasteiger charge is -2.20. The molecule has 0 unspecified atom stereocenters. The Morgan fingerprint density at radius 2 is 2.06 bits per heavy atom. The molecular formula is C12H14F2O2S. The number of sulfone groups is 1. The van der Waals surface area contributed by atoms with Gasteiger partial charge in [0, 0.05) is 12.0 Å². The largest absolute Gasteiger partial charge is 0.273 e. The van der Waals surface area contributed by atoms with Crippen LogP contribution in [0.25, 0.3) is 0 Å². The quantitative estimate of drug-likeness (QED) is 0.819. The van der Waals surface area contributed by atoms with E-state index in [2.05, 4.69) is 0 Å². The standard InChI is InChI=1S/C12H14F2O2S/c1-2-12(13,14)10-5-6-11-9(8-10)4-3-7-17(11,15)16/h5-6,8H,2-4,7H2,1H3. The Balaban J connectivity index is 2.53. The van der Waals surface area contributed by atoms with Gasteiger partial charge in [0.05, 0.1) is 10.6 Å². The molecular weight excluding hydrogens is 246 g/mol. The normalized spacial score (nSPS) is 18.8. The smallest absolute Gasteiger partial charge is 0.224 e. The Labute approximate surface area is 99.6 Å². The van der Waals surface area contributed by atoms with Crippen molar-refractivity contribution in [2.24, 2.45) is 0 Å². The van der Waals surface area contributed by atoms with Gasteiger partial charge in [0.25, 0.3) is 5.92 Å². The van der Waals surface area contributed by atoms with Gasteiger partial charge in [-0.2, -0.15) is 0 Å². The Morgan fingerprint density at radius 1 is 1.35 bits per heavy atom. The van der Waals surface area contributed by atoms with Gasteiger partial charge in [-0.15, -0.1) is 0 Å². The first-order valence-electron chi connectivity index (χ1n) is 5.61. The van der Waals surface area contributed by atoms with Gasteiger partial charge in [0.1, 0.15) is 0 Å². The first kappa shape index (κ1) is 12.5. The predicted octanol–water partition coefficient (Wildman–Crippen LogP) is 2.91. The zero-order valence-electron chi connectivity index (χ0n) is 9.54. The zero-order valence-corrected chi connectivity index (χ0v) is 10.4. The fourth-order valence-corrected chi connectivity index (χ4v) is 3.65. The molecule has 0 spiro atoms. The lowest BCUT2D eigenvalue weighted by molar-refractivity contribution is -0.00842. The molecule has 0 bridgehead atoms. The second-order valence-electron chi connectivity index (χ2n) is 4.30. The molecule has 2 nitrogen and oxygen atoms in total. The molecule has 0 amide bonds. The molecule has 0 saturated heterocycles. The minimum absolute atomic E-state index is 0.0872. The molecule has 1 heterocycles. The molecule has 2 rings (SSSR count). The van der Waals surface area contributed by atoms with E-state index in [9.17, 15) is 17.2 Å². The van der Waals surface area contributed by atoms with Gasteiger partial charge in [0.15, 0.2) is 9.84 Å². The van der Waals surface area contributed by atoms with E-state index >= 15 is 0 Å². The summed E-state index contributed by atoms with van der Waals surface area (Å²) in [5.74, 6) is -2.76. The molecule has 1 aromatic carbocycles. The van der Waals surface area contributed by atoms with Crippen molar-refractivity contribution in [2.45, 2.75) is 37.0 Å². The van der Waals surface area contributed by atoms with Crippen LogP contribution in [-0.4, -0.2) is 14.2 Å². The lowest BCUT2D eigenvalue weighted by Crippen LogP contribution is -2.18. The van der Waals surface area contributed by atoms with E-state index in [1.807, 2.05) is 0 Å². The highest BCUT2D eigenvalue weighted by Crippen LogP contribution is 2.35. The van der Waals surface area contributed by atoms with Crippen molar-refractivity contribution in [2.75, 3.05) is 5.75 Å². The van der Waals surface area contributed by atoms with Crippen LogP contribution in [0.4, 0.5) is 8.78 Å². The SMILES string of the molecule is CCC(F)(F)c1ccc2c(c1)CCCS2(=O)=O. The summed E-state index contributed by atoms with van der Waals surface area (Å²) in [4.78, 5) is 0.222. The van der Waals surface area contributed by atoms with Crippen molar-refractivity contribution in [3.8, 4) is 0 Å². The lowest BCUT2D eigenvalue weighted by atomic mass is 10.0. The molecule has 0 aromatic heterocycles. The van der Waals surface area contributed by atoms with E-state index in [-0.39, 0.29) is 22.6 Å². The first-order chi connectivity index (χ1) is 7.87. The summed E-state index contributed by atoms with van der Waals surface area (Å²) >= 11 is 0. The maximum atomic E-state index is 13.5. The fourth-order valence-electron chi connectivity index (χ4n) is 2.07. The monoisotopic (exact) mass is 260 g/mol. The number of halogens is 2. The van der Waals surface area contributed by atoms with Crippen molar-refractivity contribution in [3.63, 3.8) is 0 Å². The fraction of sp³-hybridized carbons (Fsp3) is 0.500. The predicted molar refractivity (Wildman–Crippen MR) is 61.0 cm³/mol. The first-order valence-corrected chi connectivity index (χ1v) is 7.26. The van der Waals surface area contributed by atoms with Crippen molar-refractivity contribution in [1.82, 2.24) is 0 Å². The summed E-state index contributed by atoms with van der Waals surface area (Å²) in [6.07, 6.45) is 0.789.